The first kappa shape index (κ1) is 13.3. The molecule has 16 heavy (non-hydrogen) atoms. The summed E-state index contributed by atoms with van der Waals surface area (Å²) in [5.41, 5.74) is 0. The molecule has 1 aliphatic heterocycles. The third kappa shape index (κ3) is 5.34. The molecule has 0 aromatic carbocycles. The van der Waals surface area contributed by atoms with Crippen molar-refractivity contribution in [2.75, 3.05) is 26.2 Å². The van der Waals surface area contributed by atoms with Crippen LogP contribution in [0.2, 0.25) is 0 Å². The zero-order chi connectivity index (χ0) is 12.0. The molecule has 1 heterocycles. The van der Waals surface area contributed by atoms with Crippen LogP contribution in [0.1, 0.15) is 25.7 Å². The number of hydrogen-bond acceptors (Lipinski definition) is 2. The lowest BCUT2D eigenvalue weighted by Gasteiger charge is -2.15. The first-order valence-corrected chi connectivity index (χ1v) is 5.54. The molecule has 1 N–H and O–H groups in total. The molecule has 6 heteroatoms. The highest BCUT2D eigenvalue weighted by Gasteiger charge is 2.26. The monoisotopic (exact) mass is 238 g/mol. The second-order valence-electron chi connectivity index (χ2n) is 3.95. The molecule has 1 fully saturated rings. The van der Waals surface area contributed by atoms with E-state index in [1.165, 1.54) is 0 Å². The van der Waals surface area contributed by atoms with E-state index in [-0.39, 0.29) is 18.9 Å². The van der Waals surface area contributed by atoms with Crippen molar-refractivity contribution in [3.63, 3.8) is 0 Å². The van der Waals surface area contributed by atoms with Crippen LogP contribution in [-0.2, 0) is 4.79 Å². The summed E-state index contributed by atoms with van der Waals surface area (Å²) in [6.45, 7) is 1.80. The second-order valence-corrected chi connectivity index (χ2v) is 3.95. The Morgan fingerprint density at radius 3 is 2.38 bits per heavy atom. The predicted octanol–water partition coefficient (Wildman–Crippen LogP) is 1.54. The van der Waals surface area contributed by atoms with Crippen LogP contribution >= 0.6 is 0 Å². The van der Waals surface area contributed by atoms with E-state index in [0.29, 0.717) is 6.54 Å². The third-order valence-electron chi connectivity index (χ3n) is 2.56. The SMILES string of the molecule is O=C(CCNCCC(F)(F)F)N1CCCC1. The third-order valence-corrected chi connectivity index (χ3v) is 2.56. The summed E-state index contributed by atoms with van der Waals surface area (Å²) in [7, 11) is 0. The van der Waals surface area contributed by atoms with Gasteiger partial charge in [0.15, 0.2) is 0 Å². The fraction of sp³-hybridized carbons (Fsp3) is 0.900. The maximum absolute atomic E-state index is 11.8. The zero-order valence-corrected chi connectivity index (χ0v) is 9.15. The van der Waals surface area contributed by atoms with Crippen LogP contribution in [0.15, 0.2) is 0 Å². The van der Waals surface area contributed by atoms with E-state index in [0.717, 1.165) is 25.9 Å². The smallest absolute Gasteiger partial charge is 0.343 e. The van der Waals surface area contributed by atoms with Gasteiger partial charge in [0.05, 0.1) is 6.42 Å². The van der Waals surface area contributed by atoms with Crippen molar-refractivity contribution in [3.8, 4) is 0 Å². The molecule has 0 unspecified atom stereocenters. The number of hydrogen-bond donors (Lipinski definition) is 1. The Balaban J connectivity index is 2.00. The van der Waals surface area contributed by atoms with Crippen molar-refractivity contribution in [3.05, 3.63) is 0 Å². The van der Waals surface area contributed by atoms with Crippen LogP contribution in [0.25, 0.3) is 0 Å². The topological polar surface area (TPSA) is 32.3 Å². The molecule has 0 radical (unpaired) electrons. The number of halogens is 3. The standard InChI is InChI=1S/C10H17F3N2O/c11-10(12,13)4-6-14-5-3-9(16)15-7-1-2-8-15/h14H,1-8H2. The van der Waals surface area contributed by atoms with Crippen molar-refractivity contribution in [1.29, 1.82) is 0 Å². The van der Waals surface area contributed by atoms with Crippen molar-refractivity contribution >= 4 is 5.91 Å². The molecule has 0 atom stereocenters. The molecule has 3 nitrogen and oxygen atoms in total. The van der Waals surface area contributed by atoms with E-state index < -0.39 is 12.6 Å². The molecule has 1 aliphatic rings. The molecule has 0 aromatic heterocycles. The van der Waals surface area contributed by atoms with Crippen molar-refractivity contribution in [2.45, 2.75) is 31.9 Å². The highest BCUT2D eigenvalue weighted by molar-refractivity contribution is 5.76. The Kier molecular flexibility index (Phi) is 5.05. The van der Waals surface area contributed by atoms with E-state index in [2.05, 4.69) is 5.32 Å². The minimum absolute atomic E-state index is 0.0389. The largest absolute Gasteiger partial charge is 0.390 e. The zero-order valence-electron chi connectivity index (χ0n) is 9.15. The number of carbonyl (C=O) groups is 1. The summed E-state index contributed by atoms with van der Waals surface area (Å²) < 4.78 is 35.3. The van der Waals surface area contributed by atoms with Gasteiger partial charge in [0.25, 0.3) is 0 Å². The van der Waals surface area contributed by atoms with E-state index in [1.807, 2.05) is 0 Å². The maximum atomic E-state index is 11.8. The average molecular weight is 238 g/mol. The fourth-order valence-corrected chi connectivity index (χ4v) is 1.68. The lowest BCUT2D eigenvalue weighted by Crippen LogP contribution is -2.31. The van der Waals surface area contributed by atoms with Crippen molar-refractivity contribution in [2.24, 2.45) is 0 Å². The van der Waals surface area contributed by atoms with E-state index in [1.54, 1.807) is 4.90 Å². The van der Waals surface area contributed by atoms with Crippen LogP contribution < -0.4 is 5.32 Å². The quantitative estimate of drug-likeness (QED) is 0.737. The number of nitrogens with zero attached hydrogens (tertiary/aromatic N) is 1. The second kappa shape index (κ2) is 6.08. The summed E-state index contributed by atoms with van der Waals surface area (Å²) >= 11 is 0. The first-order chi connectivity index (χ1) is 7.49. The number of carbonyl (C=O) groups excluding carboxylic acids is 1. The molecule has 0 bridgehead atoms. The normalized spacial score (nSPS) is 16.8. The van der Waals surface area contributed by atoms with Gasteiger partial charge >= 0.3 is 6.18 Å². The van der Waals surface area contributed by atoms with Gasteiger partial charge < -0.3 is 10.2 Å². The Bertz CT molecular complexity index is 225. The van der Waals surface area contributed by atoms with Gasteiger partial charge in [-0.05, 0) is 12.8 Å². The lowest BCUT2D eigenvalue weighted by atomic mass is 10.3. The lowest BCUT2D eigenvalue weighted by molar-refractivity contribution is -0.133. The van der Waals surface area contributed by atoms with Crippen LogP contribution in [0.3, 0.4) is 0 Å². The highest BCUT2D eigenvalue weighted by Crippen LogP contribution is 2.18. The van der Waals surface area contributed by atoms with Gasteiger partial charge in [-0.25, -0.2) is 0 Å². The molecule has 0 aliphatic carbocycles. The van der Waals surface area contributed by atoms with E-state index >= 15 is 0 Å². The number of likely N-dealkylation sites (tertiary alicyclic amines) is 1. The molecule has 94 valence electrons. The van der Waals surface area contributed by atoms with Gasteiger partial charge in [0, 0.05) is 32.6 Å². The Morgan fingerprint density at radius 2 is 1.81 bits per heavy atom. The van der Waals surface area contributed by atoms with Gasteiger partial charge in [-0.15, -0.1) is 0 Å². The van der Waals surface area contributed by atoms with Gasteiger partial charge in [-0.1, -0.05) is 0 Å². The molecular formula is C10H17F3N2O. The van der Waals surface area contributed by atoms with Gasteiger partial charge in [-0.2, -0.15) is 13.2 Å². The molecule has 0 saturated carbocycles. The number of amides is 1. The summed E-state index contributed by atoms with van der Waals surface area (Å²) in [4.78, 5) is 13.2. The summed E-state index contributed by atoms with van der Waals surface area (Å²) in [6.07, 6.45) is -2.60. The molecular weight excluding hydrogens is 221 g/mol. The minimum Gasteiger partial charge on any atom is -0.343 e. The molecule has 0 spiro atoms. The van der Waals surface area contributed by atoms with Gasteiger partial charge in [0.2, 0.25) is 5.91 Å². The fourth-order valence-electron chi connectivity index (χ4n) is 1.68. The van der Waals surface area contributed by atoms with Gasteiger partial charge in [-0.3, -0.25) is 4.79 Å². The maximum Gasteiger partial charge on any atom is 0.390 e. The number of rotatable bonds is 5. The average Bonchev–Trinajstić information content (AvgIpc) is 2.67. The van der Waals surface area contributed by atoms with Crippen LogP contribution in [0.5, 0.6) is 0 Å². The number of nitrogens with one attached hydrogen (secondary N) is 1. The van der Waals surface area contributed by atoms with Crippen molar-refractivity contribution < 1.29 is 18.0 Å². The van der Waals surface area contributed by atoms with Crippen LogP contribution in [0, 0.1) is 0 Å². The Hall–Kier alpha value is -0.780. The molecule has 1 saturated heterocycles. The Morgan fingerprint density at radius 1 is 1.19 bits per heavy atom. The van der Waals surface area contributed by atoms with Crippen molar-refractivity contribution in [1.82, 2.24) is 10.2 Å². The summed E-state index contributed by atoms with van der Waals surface area (Å²) in [5.74, 6) is 0.0389. The van der Waals surface area contributed by atoms with E-state index in [4.69, 9.17) is 0 Å². The summed E-state index contributed by atoms with van der Waals surface area (Å²) in [5, 5.41) is 2.63. The van der Waals surface area contributed by atoms with Crippen LogP contribution in [-0.4, -0.2) is 43.2 Å². The summed E-state index contributed by atoms with van der Waals surface area (Å²) in [6, 6.07) is 0. The Labute approximate surface area is 93.0 Å². The number of alkyl halides is 3. The van der Waals surface area contributed by atoms with Crippen LogP contribution in [0.4, 0.5) is 13.2 Å². The molecule has 0 aromatic rings. The molecule has 1 rings (SSSR count). The first-order valence-electron chi connectivity index (χ1n) is 5.54. The predicted molar refractivity (Wildman–Crippen MR) is 54.0 cm³/mol. The van der Waals surface area contributed by atoms with E-state index in [9.17, 15) is 18.0 Å². The van der Waals surface area contributed by atoms with Gasteiger partial charge in [0.1, 0.15) is 0 Å². The highest BCUT2D eigenvalue weighted by atomic mass is 19.4. The minimum atomic E-state index is -4.12. The molecule has 1 amide bonds.